The molecule has 6 nitrogen and oxygen atoms in total. The second-order valence-corrected chi connectivity index (χ2v) is 8.45. The fraction of sp³-hybridized carbons (Fsp3) is 0.348. The van der Waals surface area contributed by atoms with Crippen LogP contribution in [0, 0.1) is 6.92 Å². The number of amides is 1. The largest absolute Gasteiger partial charge is 0.411 e. The standard InChI is InChI=1S/C23H26N4O2S/c1-17-7-6-8-18(15-17)22-25-26-23(29-22)30-16-21(28)24-19-9-11-20(12-10-19)27-13-4-2-3-5-14-27/h6-12,15H,2-5,13-14,16H2,1H3,(H,24,28). The zero-order valence-corrected chi connectivity index (χ0v) is 18.0. The molecule has 3 aromatic rings. The Hall–Kier alpha value is -2.80. The van der Waals surface area contributed by atoms with Crippen LogP contribution in [-0.4, -0.2) is 34.9 Å². The zero-order chi connectivity index (χ0) is 20.8. The van der Waals surface area contributed by atoms with Crippen molar-refractivity contribution in [3.8, 4) is 11.5 Å². The predicted octanol–water partition coefficient (Wildman–Crippen LogP) is 5.16. The fourth-order valence-corrected chi connectivity index (χ4v) is 4.13. The number of hydrogen-bond donors (Lipinski definition) is 1. The van der Waals surface area contributed by atoms with Gasteiger partial charge in [-0.3, -0.25) is 4.79 Å². The van der Waals surface area contributed by atoms with Crippen molar-refractivity contribution in [1.29, 1.82) is 0 Å². The van der Waals surface area contributed by atoms with Crippen molar-refractivity contribution in [3.63, 3.8) is 0 Å². The van der Waals surface area contributed by atoms with Crippen LogP contribution in [0.2, 0.25) is 0 Å². The maximum atomic E-state index is 12.3. The Morgan fingerprint density at radius 1 is 1.07 bits per heavy atom. The zero-order valence-electron chi connectivity index (χ0n) is 17.1. The van der Waals surface area contributed by atoms with Gasteiger partial charge in [-0.2, -0.15) is 0 Å². The number of hydrogen-bond acceptors (Lipinski definition) is 6. The average Bonchev–Trinajstić information content (AvgIpc) is 3.07. The number of benzene rings is 2. The van der Waals surface area contributed by atoms with Gasteiger partial charge in [-0.1, -0.05) is 42.3 Å². The van der Waals surface area contributed by atoms with Crippen LogP contribution < -0.4 is 10.2 Å². The first-order valence-electron chi connectivity index (χ1n) is 10.4. The molecule has 1 saturated heterocycles. The SMILES string of the molecule is Cc1cccc(-c2nnc(SCC(=O)Nc3ccc(N4CCCCCC4)cc3)o2)c1. The third kappa shape index (κ3) is 5.42. The smallest absolute Gasteiger partial charge is 0.277 e. The number of carbonyl (C=O) groups excluding carboxylic acids is 1. The number of carbonyl (C=O) groups is 1. The quantitative estimate of drug-likeness (QED) is 0.554. The Morgan fingerprint density at radius 3 is 2.57 bits per heavy atom. The van der Waals surface area contributed by atoms with E-state index in [0.29, 0.717) is 11.1 Å². The van der Waals surface area contributed by atoms with E-state index in [4.69, 9.17) is 4.42 Å². The monoisotopic (exact) mass is 422 g/mol. The topological polar surface area (TPSA) is 71.3 Å². The molecule has 0 aliphatic carbocycles. The molecule has 0 saturated carbocycles. The fourth-order valence-electron chi connectivity index (χ4n) is 3.57. The highest BCUT2D eigenvalue weighted by molar-refractivity contribution is 7.99. The number of thioether (sulfide) groups is 1. The van der Waals surface area contributed by atoms with Crippen LogP contribution in [0.3, 0.4) is 0 Å². The highest BCUT2D eigenvalue weighted by atomic mass is 32.2. The Bertz CT molecular complexity index is 979. The van der Waals surface area contributed by atoms with Crippen LogP contribution in [-0.2, 0) is 4.79 Å². The second kappa shape index (κ2) is 9.80. The van der Waals surface area contributed by atoms with E-state index in [1.807, 2.05) is 43.3 Å². The predicted molar refractivity (Wildman–Crippen MR) is 121 cm³/mol. The molecule has 1 aliphatic rings. The lowest BCUT2D eigenvalue weighted by atomic mass is 10.1. The molecule has 0 spiro atoms. The summed E-state index contributed by atoms with van der Waals surface area (Å²) in [5, 5.41) is 11.4. The van der Waals surface area contributed by atoms with Crippen LogP contribution in [0.1, 0.15) is 31.2 Å². The van der Waals surface area contributed by atoms with Gasteiger partial charge in [-0.05, 0) is 56.2 Å². The van der Waals surface area contributed by atoms with Crippen LogP contribution in [0.4, 0.5) is 11.4 Å². The molecule has 1 amide bonds. The Labute approximate surface area is 181 Å². The number of nitrogens with one attached hydrogen (secondary N) is 1. The third-order valence-corrected chi connectivity index (χ3v) is 5.94. The molecule has 0 atom stereocenters. The molecular formula is C23H26N4O2S. The Morgan fingerprint density at radius 2 is 1.83 bits per heavy atom. The van der Waals surface area contributed by atoms with Crippen LogP contribution in [0.5, 0.6) is 0 Å². The first-order valence-corrected chi connectivity index (χ1v) is 11.3. The Balaban J connectivity index is 1.29. The summed E-state index contributed by atoms with van der Waals surface area (Å²) in [6.07, 6.45) is 5.12. The minimum Gasteiger partial charge on any atom is -0.411 e. The van der Waals surface area contributed by atoms with Crippen molar-refractivity contribution >= 4 is 29.0 Å². The third-order valence-electron chi connectivity index (χ3n) is 5.12. The molecule has 0 bridgehead atoms. The summed E-state index contributed by atoms with van der Waals surface area (Å²) in [4.78, 5) is 14.7. The van der Waals surface area contributed by atoms with Gasteiger partial charge in [-0.15, -0.1) is 10.2 Å². The maximum absolute atomic E-state index is 12.3. The number of aryl methyl sites for hydroxylation is 1. The number of anilines is 2. The van der Waals surface area contributed by atoms with Crippen LogP contribution in [0.15, 0.2) is 58.2 Å². The van der Waals surface area contributed by atoms with Gasteiger partial charge in [0, 0.05) is 30.0 Å². The van der Waals surface area contributed by atoms with E-state index in [1.165, 1.54) is 43.1 Å². The maximum Gasteiger partial charge on any atom is 0.277 e. The van der Waals surface area contributed by atoms with E-state index >= 15 is 0 Å². The van der Waals surface area contributed by atoms with Crippen LogP contribution in [0.25, 0.3) is 11.5 Å². The summed E-state index contributed by atoms with van der Waals surface area (Å²) in [6, 6.07) is 16.0. The van der Waals surface area contributed by atoms with E-state index < -0.39 is 0 Å². The molecule has 0 unspecified atom stereocenters. The molecule has 156 valence electrons. The lowest BCUT2D eigenvalue weighted by molar-refractivity contribution is -0.113. The van der Waals surface area contributed by atoms with Gasteiger partial charge < -0.3 is 14.6 Å². The second-order valence-electron chi connectivity index (χ2n) is 7.53. The first-order chi connectivity index (χ1) is 14.7. The van der Waals surface area contributed by atoms with E-state index in [1.54, 1.807) is 0 Å². The van der Waals surface area contributed by atoms with Crippen molar-refractivity contribution < 1.29 is 9.21 Å². The van der Waals surface area contributed by atoms with E-state index in [9.17, 15) is 4.79 Å². The molecule has 1 aromatic heterocycles. The van der Waals surface area contributed by atoms with Gasteiger partial charge in [0.25, 0.3) is 5.22 Å². The minimum atomic E-state index is -0.0992. The lowest BCUT2D eigenvalue weighted by Crippen LogP contribution is -2.23. The van der Waals surface area contributed by atoms with Crippen molar-refractivity contribution in [3.05, 3.63) is 54.1 Å². The lowest BCUT2D eigenvalue weighted by Gasteiger charge is -2.22. The molecule has 2 heterocycles. The van der Waals surface area contributed by atoms with Gasteiger partial charge >= 0.3 is 0 Å². The normalized spacial score (nSPS) is 14.4. The molecule has 1 aliphatic heterocycles. The summed E-state index contributed by atoms with van der Waals surface area (Å²) >= 11 is 1.24. The molecule has 2 aromatic carbocycles. The highest BCUT2D eigenvalue weighted by Gasteiger charge is 2.13. The first kappa shape index (κ1) is 20.5. The van der Waals surface area contributed by atoms with Gasteiger partial charge in [0.2, 0.25) is 11.8 Å². The molecule has 4 rings (SSSR count). The molecule has 1 N–H and O–H groups in total. The average molecular weight is 423 g/mol. The van der Waals surface area contributed by atoms with Crippen molar-refractivity contribution in [2.24, 2.45) is 0 Å². The van der Waals surface area contributed by atoms with Gasteiger partial charge in [-0.25, -0.2) is 0 Å². The van der Waals surface area contributed by atoms with Crippen molar-refractivity contribution in [2.45, 2.75) is 37.8 Å². The highest BCUT2D eigenvalue weighted by Crippen LogP contribution is 2.25. The molecule has 30 heavy (non-hydrogen) atoms. The van der Waals surface area contributed by atoms with Crippen molar-refractivity contribution in [2.75, 3.05) is 29.1 Å². The van der Waals surface area contributed by atoms with E-state index in [0.717, 1.165) is 29.9 Å². The summed E-state index contributed by atoms with van der Waals surface area (Å²) < 4.78 is 5.67. The van der Waals surface area contributed by atoms with Crippen LogP contribution >= 0.6 is 11.8 Å². The number of rotatable bonds is 6. The summed E-state index contributed by atoms with van der Waals surface area (Å²) in [5.41, 5.74) is 4.02. The minimum absolute atomic E-state index is 0.0992. The van der Waals surface area contributed by atoms with Gasteiger partial charge in [0.15, 0.2) is 0 Å². The van der Waals surface area contributed by atoms with E-state index in [-0.39, 0.29) is 11.7 Å². The number of aromatic nitrogens is 2. The van der Waals surface area contributed by atoms with Crippen molar-refractivity contribution in [1.82, 2.24) is 10.2 Å². The summed E-state index contributed by atoms with van der Waals surface area (Å²) in [6.45, 7) is 4.23. The number of nitrogens with zero attached hydrogens (tertiary/aromatic N) is 3. The molecular weight excluding hydrogens is 396 g/mol. The van der Waals surface area contributed by atoms with Gasteiger partial charge in [0.1, 0.15) is 0 Å². The molecule has 0 radical (unpaired) electrons. The molecule has 7 heteroatoms. The summed E-state index contributed by atoms with van der Waals surface area (Å²) in [5.74, 6) is 0.576. The summed E-state index contributed by atoms with van der Waals surface area (Å²) in [7, 11) is 0. The molecule has 1 fully saturated rings. The Kier molecular flexibility index (Phi) is 6.69. The van der Waals surface area contributed by atoms with E-state index in [2.05, 4.69) is 32.5 Å². The van der Waals surface area contributed by atoms with Gasteiger partial charge in [0.05, 0.1) is 5.75 Å².